The highest BCUT2D eigenvalue weighted by Gasteiger charge is 2.08. The zero-order chi connectivity index (χ0) is 11.5. The van der Waals surface area contributed by atoms with Crippen molar-refractivity contribution in [1.82, 2.24) is 0 Å². The first-order valence-electron chi connectivity index (χ1n) is 5.89. The number of esters is 1. The van der Waals surface area contributed by atoms with E-state index in [2.05, 4.69) is 6.92 Å². The Balaban J connectivity index is 3.32. The van der Waals surface area contributed by atoms with Gasteiger partial charge < -0.3 is 9.47 Å². The largest absolute Gasteiger partial charge is 0.460 e. The van der Waals surface area contributed by atoms with E-state index in [0.717, 1.165) is 12.8 Å². The fourth-order valence-corrected chi connectivity index (χ4v) is 1.42. The van der Waals surface area contributed by atoms with Crippen LogP contribution in [-0.2, 0) is 14.3 Å². The Labute approximate surface area is 93.1 Å². The van der Waals surface area contributed by atoms with Crippen LogP contribution in [0.4, 0.5) is 0 Å². The maximum atomic E-state index is 11.3. The lowest BCUT2D eigenvalue weighted by Gasteiger charge is -2.11. The Bertz CT molecular complexity index is 157. The van der Waals surface area contributed by atoms with Crippen molar-refractivity contribution in [3.63, 3.8) is 0 Å². The molecule has 0 aromatic rings. The van der Waals surface area contributed by atoms with E-state index in [4.69, 9.17) is 9.47 Å². The Morgan fingerprint density at radius 1 is 1.20 bits per heavy atom. The van der Waals surface area contributed by atoms with Crippen LogP contribution in [0.1, 0.15) is 52.4 Å². The van der Waals surface area contributed by atoms with E-state index in [0.29, 0.717) is 13.0 Å². The van der Waals surface area contributed by atoms with Crippen molar-refractivity contribution < 1.29 is 14.3 Å². The molecule has 0 aromatic heterocycles. The van der Waals surface area contributed by atoms with E-state index in [1.54, 1.807) is 7.11 Å². The summed E-state index contributed by atoms with van der Waals surface area (Å²) in [5.41, 5.74) is 0. The first-order valence-corrected chi connectivity index (χ1v) is 5.89. The predicted molar refractivity (Wildman–Crippen MR) is 60.8 cm³/mol. The van der Waals surface area contributed by atoms with Crippen LogP contribution >= 0.6 is 0 Å². The molecular weight excluding hydrogens is 192 g/mol. The molecule has 0 saturated carbocycles. The van der Waals surface area contributed by atoms with Gasteiger partial charge in [-0.05, 0) is 13.3 Å². The van der Waals surface area contributed by atoms with Gasteiger partial charge in [-0.2, -0.15) is 0 Å². The summed E-state index contributed by atoms with van der Waals surface area (Å²) in [5.74, 6) is -0.101. The predicted octanol–water partition coefficient (Wildman–Crippen LogP) is 2.93. The fraction of sp³-hybridized carbons (Fsp3) is 0.917. The number of rotatable bonds is 9. The van der Waals surface area contributed by atoms with E-state index in [1.807, 2.05) is 6.92 Å². The molecule has 0 rings (SSSR count). The second-order valence-electron chi connectivity index (χ2n) is 3.92. The molecule has 0 fully saturated rings. The van der Waals surface area contributed by atoms with E-state index >= 15 is 0 Å². The summed E-state index contributed by atoms with van der Waals surface area (Å²) in [4.78, 5) is 11.3. The molecule has 3 heteroatoms. The number of hydrogen-bond donors (Lipinski definition) is 0. The molecule has 0 saturated heterocycles. The second-order valence-corrected chi connectivity index (χ2v) is 3.92. The number of methoxy groups -OCH3 is 1. The maximum absolute atomic E-state index is 11.3. The molecule has 0 aliphatic heterocycles. The number of carbonyl (C=O) groups excluding carboxylic acids is 1. The standard InChI is InChI=1S/C12H24O3/c1-4-5-6-7-8-9-12(13)15-11(2)10-14-3/h11H,4-10H2,1-3H3. The van der Waals surface area contributed by atoms with Crippen LogP contribution in [0.3, 0.4) is 0 Å². The average Bonchev–Trinajstić information content (AvgIpc) is 2.17. The van der Waals surface area contributed by atoms with Crippen LogP contribution in [0.2, 0.25) is 0 Å². The minimum Gasteiger partial charge on any atom is -0.460 e. The molecular formula is C12H24O3. The second kappa shape index (κ2) is 9.97. The lowest BCUT2D eigenvalue weighted by Crippen LogP contribution is -2.19. The van der Waals surface area contributed by atoms with Crippen LogP contribution in [0, 0.1) is 0 Å². The van der Waals surface area contributed by atoms with Crippen molar-refractivity contribution >= 4 is 5.97 Å². The first kappa shape index (κ1) is 14.4. The molecule has 1 unspecified atom stereocenters. The average molecular weight is 216 g/mol. The Morgan fingerprint density at radius 2 is 1.87 bits per heavy atom. The van der Waals surface area contributed by atoms with Gasteiger partial charge in [0.1, 0.15) is 6.10 Å². The molecule has 0 bridgehead atoms. The highest BCUT2D eigenvalue weighted by Crippen LogP contribution is 2.06. The fourth-order valence-electron chi connectivity index (χ4n) is 1.42. The topological polar surface area (TPSA) is 35.5 Å². The van der Waals surface area contributed by atoms with Crippen molar-refractivity contribution in [3.05, 3.63) is 0 Å². The Morgan fingerprint density at radius 3 is 2.47 bits per heavy atom. The SMILES string of the molecule is CCCCCCCC(=O)OC(C)COC. The molecule has 0 amide bonds. The summed E-state index contributed by atoms with van der Waals surface area (Å²) in [7, 11) is 1.61. The number of ether oxygens (including phenoxy) is 2. The van der Waals surface area contributed by atoms with Crippen molar-refractivity contribution in [2.24, 2.45) is 0 Å². The van der Waals surface area contributed by atoms with Gasteiger partial charge in [0.25, 0.3) is 0 Å². The van der Waals surface area contributed by atoms with Crippen LogP contribution in [0.5, 0.6) is 0 Å². The van der Waals surface area contributed by atoms with Gasteiger partial charge in [-0.25, -0.2) is 0 Å². The summed E-state index contributed by atoms with van der Waals surface area (Å²) >= 11 is 0. The van der Waals surface area contributed by atoms with Crippen LogP contribution in [-0.4, -0.2) is 25.8 Å². The molecule has 0 N–H and O–H groups in total. The lowest BCUT2D eigenvalue weighted by atomic mass is 10.1. The molecule has 0 radical (unpaired) electrons. The molecule has 0 aliphatic rings. The third-order valence-corrected chi connectivity index (χ3v) is 2.22. The molecule has 15 heavy (non-hydrogen) atoms. The van der Waals surface area contributed by atoms with Gasteiger partial charge in [-0.15, -0.1) is 0 Å². The van der Waals surface area contributed by atoms with Crippen molar-refractivity contribution in [2.45, 2.75) is 58.5 Å². The molecule has 3 nitrogen and oxygen atoms in total. The van der Waals surface area contributed by atoms with Crippen LogP contribution < -0.4 is 0 Å². The van der Waals surface area contributed by atoms with Gasteiger partial charge in [0.15, 0.2) is 0 Å². The summed E-state index contributed by atoms with van der Waals surface area (Å²) < 4.78 is 10.0. The quantitative estimate of drug-likeness (QED) is 0.439. The highest BCUT2D eigenvalue weighted by molar-refractivity contribution is 5.69. The monoisotopic (exact) mass is 216 g/mol. The van der Waals surface area contributed by atoms with Gasteiger partial charge in [0.05, 0.1) is 6.61 Å². The van der Waals surface area contributed by atoms with E-state index in [1.165, 1.54) is 19.3 Å². The molecule has 90 valence electrons. The first-order chi connectivity index (χ1) is 7.20. The summed E-state index contributed by atoms with van der Waals surface area (Å²) in [6, 6.07) is 0. The normalized spacial score (nSPS) is 12.5. The van der Waals surface area contributed by atoms with Crippen molar-refractivity contribution in [1.29, 1.82) is 0 Å². The number of hydrogen-bond acceptors (Lipinski definition) is 3. The summed E-state index contributed by atoms with van der Waals surface area (Å²) in [6.45, 7) is 4.50. The van der Waals surface area contributed by atoms with Gasteiger partial charge in [-0.3, -0.25) is 4.79 Å². The van der Waals surface area contributed by atoms with Crippen molar-refractivity contribution in [3.8, 4) is 0 Å². The molecule has 0 aliphatic carbocycles. The molecule has 0 spiro atoms. The van der Waals surface area contributed by atoms with Gasteiger partial charge in [0, 0.05) is 13.5 Å². The van der Waals surface area contributed by atoms with Gasteiger partial charge >= 0.3 is 5.97 Å². The van der Waals surface area contributed by atoms with Crippen LogP contribution in [0.25, 0.3) is 0 Å². The summed E-state index contributed by atoms with van der Waals surface area (Å²) in [5, 5.41) is 0. The maximum Gasteiger partial charge on any atom is 0.306 e. The van der Waals surface area contributed by atoms with Gasteiger partial charge in [-0.1, -0.05) is 32.6 Å². The third-order valence-electron chi connectivity index (χ3n) is 2.22. The lowest BCUT2D eigenvalue weighted by molar-refractivity contribution is -0.150. The Hall–Kier alpha value is -0.570. The third kappa shape index (κ3) is 9.73. The van der Waals surface area contributed by atoms with Crippen LogP contribution in [0.15, 0.2) is 0 Å². The zero-order valence-corrected chi connectivity index (χ0v) is 10.3. The molecule has 1 atom stereocenters. The minimum atomic E-state index is -0.127. The highest BCUT2D eigenvalue weighted by atomic mass is 16.6. The number of carbonyl (C=O) groups is 1. The number of unbranched alkanes of at least 4 members (excludes halogenated alkanes) is 4. The summed E-state index contributed by atoms with van der Waals surface area (Å²) in [6.07, 6.45) is 6.19. The minimum absolute atomic E-state index is 0.101. The molecule has 0 aromatic carbocycles. The van der Waals surface area contributed by atoms with E-state index < -0.39 is 0 Å². The Kier molecular flexibility index (Phi) is 9.59. The smallest absolute Gasteiger partial charge is 0.306 e. The van der Waals surface area contributed by atoms with E-state index in [-0.39, 0.29) is 12.1 Å². The zero-order valence-electron chi connectivity index (χ0n) is 10.3. The van der Waals surface area contributed by atoms with Crippen molar-refractivity contribution in [2.75, 3.05) is 13.7 Å². The van der Waals surface area contributed by atoms with Gasteiger partial charge in [0.2, 0.25) is 0 Å². The molecule has 0 heterocycles. The van der Waals surface area contributed by atoms with E-state index in [9.17, 15) is 4.79 Å².